The fraction of sp³-hybridized carbons (Fsp3) is 0.250. The van der Waals surface area contributed by atoms with Crippen LogP contribution < -0.4 is 4.74 Å². The average molecular weight is 277 g/mol. The van der Waals surface area contributed by atoms with Crippen LogP contribution in [0, 0.1) is 0 Å². The van der Waals surface area contributed by atoms with Crippen LogP contribution in [-0.2, 0) is 6.42 Å². The lowest BCUT2D eigenvalue weighted by Crippen LogP contribution is -2.01. The minimum Gasteiger partial charge on any atom is -0.497 e. The van der Waals surface area contributed by atoms with E-state index in [1.807, 2.05) is 24.3 Å². The van der Waals surface area contributed by atoms with Gasteiger partial charge in [-0.15, -0.1) is 0 Å². The molecule has 0 fully saturated rings. The molecule has 0 saturated carbocycles. The molecular formula is C16H17ClO2. The average Bonchev–Trinajstić information content (AvgIpc) is 2.46. The van der Waals surface area contributed by atoms with Crippen molar-refractivity contribution in [2.24, 2.45) is 0 Å². The van der Waals surface area contributed by atoms with Crippen molar-refractivity contribution in [1.82, 2.24) is 0 Å². The standard InChI is InChI=1S/C16H17ClO2/c1-3-11-4-6-12(7-5-11)16(18)14-9-8-13(19-2)10-15(14)17/h4-10,16,18H,3H2,1-2H3. The van der Waals surface area contributed by atoms with Crippen LogP contribution in [0.4, 0.5) is 0 Å². The number of aliphatic hydroxyl groups is 1. The number of rotatable bonds is 4. The number of aryl methyl sites for hydroxylation is 1. The highest BCUT2D eigenvalue weighted by atomic mass is 35.5. The summed E-state index contributed by atoms with van der Waals surface area (Å²) < 4.78 is 5.10. The minimum atomic E-state index is -0.718. The summed E-state index contributed by atoms with van der Waals surface area (Å²) in [5, 5.41) is 10.9. The summed E-state index contributed by atoms with van der Waals surface area (Å²) in [5.41, 5.74) is 2.77. The third kappa shape index (κ3) is 3.09. The third-order valence-electron chi connectivity index (χ3n) is 3.21. The molecule has 2 aromatic rings. The van der Waals surface area contributed by atoms with Crippen LogP contribution in [0.1, 0.15) is 29.7 Å². The zero-order valence-corrected chi connectivity index (χ0v) is 11.8. The smallest absolute Gasteiger partial charge is 0.120 e. The first kappa shape index (κ1) is 13.9. The van der Waals surface area contributed by atoms with Crippen molar-refractivity contribution in [2.45, 2.75) is 19.4 Å². The Morgan fingerprint density at radius 3 is 2.37 bits per heavy atom. The number of benzene rings is 2. The Morgan fingerprint density at radius 2 is 1.84 bits per heavy atom. The normalized spacial score (nSPS) is 12.2. The number of methoxy groups -OCH3 is 1. The molecule has 1 atom stereocenters. The van der Waals surface area contributed by atoms with Crippen molar-refractivity contribution < 1.29 is 9.84 Å². The van der Waals surface area contributed by atoms with Crippen LogP contribution in [-0.4, -0.2) is 12.2 Å². The lowest BCUT2D eigenvalue weighted by molar-refractivity contribution is 0.220. The summed E-state index contributed by atoms with van der Waals surface area (Å²) in [4.78, 5) is 0. The minimum absolute atomic E-state index is 0.506. The predicted molar refractivity (Wildman–Crippen MR) is 77.9 cm³/mol. The third-order valence-corrected chi connectivity index (χ3v) is 3.53. The van der Waals surface area contributed by atoms with Gasteiger partial charge in [0, 0.05) is 5.56 Å². The molecule has 2 rings (SSSR count). The summed E-state index contributed by atoms with van der Waals surface area (Å²) >= 11 is 6.17. The van der Waals surface area contributed by atoms with Crippen LogP contribution in [0.2, 0.25) is 5.02 Å². The van der Waals surface area contributed by atoms with Gasteiger partial charge in [0.05, 0.1) is 12.1 Å². The van der Waals surface area contributed by atoms with E-state index in [0.29, 0.717) is 16.3 Å². The molecule has 100 valence electrons. The monoisotopic (exact) mass is 276 g/mol. The van der Waals surface area contributed by atoms with Crippen molar-refractivity contribution in [2.75, 3.05) is 7.11 Å². The van der Waals surface area contributed by atoms with Crippen LogP contribution in [0.3, 0.4) is 0 Å². The van der Waals surface area contributed by atoms with Gasteiger partial charge in [0.25, 0.3) is 0 Å². The zero-order valence-electron chi connectivity index (χ0n) is 11.1. The summed E-state index contributed by atoms with van der Waals surface area (Å²) in [7, 11) is 1.59. The predicted octanol–water partition coefficient (Wildman–Crippen LogP) is 3.99. The number of ether oxygens (including phenoxy) is 1. The van der Waals surface area contributed by atoms with Crippen LogP contribution >= 0.6 is 11.6 Å². The number of hydrogen-bond donors (Lipinski definition) is 1. The Balaban J connectivity index is 2.29. The SMILES string of the molecule is CCc1ccc(C(O)c2ccc(OC)cc2Cl)cc1. The summed E-state index contributed by atoms with van der Waals surface area (Å²) in [5.74, 6) is 0.683. The van der Waals surface area contributed by atoms with Crippen molar-refractivity contribution >= 4 is 11.6 Å². The van der Waals surface area contributed by atoms with Gasteiger partial charge in [-0.2, -0.15) is 0 Å². The summed E-state index contributed by atoms with van der Waals surface area (Å²) in [6.07, 6.45) is 0.268. The van der Waals surface area contributed by atoms with E-state index in [-0.39, 0.29) is 0 Å². The Labute approximate surface area is 118 Å². The second-order valence-corrected chi connectivity index (χ2v) is 4.79. The molecule has 1 unspecified atom stereocenters. The van der Waals surface area contributed by atoms with Crippen LogP contribution in [0.25, 0.3) is 0 Å². The van der Waals surface area contributed by atoms with Gasteiger partial charge < -0.3 is 9.84 Å². The van der Waals surface area contributed by atoms with Gasteiger partial charge in [0.1, 0.15) is 11.9 Å². The molecule has 19 heavy (non-hydrogen) atoms. The molecule has 2 aromatic carbocycles. The molecule has 0 amide bonds. The molecule has 1 N–H and O–H groups in total. The van der Waals surface area contributed by atoms with Gasteiger partial charge in [0.15, 0.2) is 0 Å². The molecule has 0 spiro atoms. The van der Waals surface area contributed by atoms with E-state index >= 15 is 0 Å². The molecule has 0 radical (unpaired) electrons. The summed E-state index contributed by atoms with van der Waals surface area (Å²) in [6.45, 7) is 2.10. The number of aliphatic hydroxyl groups excluding tert-OH is 1. The van der Waals surface area contributed by atoms with E-state index < -0.39 is 6.10 Å². The highest BCUT2D eigenvalue weighted by molar-refractivity contribution is 6.31. The highest BCUT2D eigenvalue weighted by Gasteiger charge is 2.14. The molecule has 0 aliphatic carbocycles. The molecule has 0 aromatic heterocycles. The van der Waals surface area contributed by atoms with Crippen molar-refractivity contribution in [3.63, 3.8) is 0 Å². The molecule has 0 heterocycles. The summed E-state index contributed by atoms with van der Waals surface area (Å²) in [6, 6.07) is 13.2. The topological polar surface area (TPSA) is 29.5 Å². The van der Waals surface area contributed by atoms with Gasteiger partial charge in [-0.25, -0.2) is 0 Å². The van der Waals surface area contributed by atoms with E-state index in [0.717, 1.165) is 12.0 Å². The number of hydrogen-bond acceptors (Lipinski definition) is 2. The highest BCUT2D eigenvalue weighted by Crippen LogP contribution is 2.31. The molecule has 0 bridgehead atoms. The molecular weight excluding hydrogens is 260 g/mol. The Kier molecular flexibility index (Phi) is 4.46. The molecule has 0 aliphatic rings. The van der Waals surface area contributed by atoms with Crippen LogP contribution in [0.15, 0.2) is 42.5 Å². The maximum absolute atomic E-state index is 10.4. The second kappa shape index (κ2) is 6.09. The first-order valence-electron chi connectivity index (χ1n) is 6.26. The first-order chi connectivity index (χ1) is 9.15. The van der Waals surface area contributed by atoms with E-state index in [9.17, 15) is 5.11 Å². The fourth-order valence-corrected chi connectivity index (χ4v) is 2.25. The van der Waals surface area contributed by atoms with Gasteiger partial charge in [0.2, 0.25) is 0 Å². The fourth-order valence-electron chi connectivity index (χ4n) is 1.97. The van der Waals surface area contributed by atoms with E-state index in [2.05, 4.69) is 6.92 Å². The van der Waals surface area contributed by atoms with E-state index in [1.54, 1.807) is 25.3 Å². The Morgan fingerprint density at radius 1 is 1.16 bits per heavy atom. The maximum atomic E-state index is 10.4. The Hall–Kier alpha value is -1.51. The van der Waals surface area contributed by atoms with Crippen molar-refractivity contribution in [3.05, 3.63) is 64.2 Å². The second-order valence-electron chi connectivity index (χ2n) is 4.39. The quantitative estimate of drug-likeness (QED) is 0.915. The lowest BCUT2D eigenvalue weighted by Gasteiger charge is -2.14. The largest absolute Gasteiger partial charge is 0.497 e. The molecule has 2 nitrogen and oxygen atoms in total. The number of halogens is 1. The maximum Gasteiger partial charge on any atom is 0.120 e. The first-order valence-corrected chi connectivity index (χ1v) is 6.63. The zero-order chi connectivity index (χ0) is 13.8. The van der Waals surface area contributed by atoms with Gasteiger partial charge in [-0.1, -0.05) is 48.9 Å². The lowest BCUT2D eigenvalue weighted by atomic mass is 10.00. The van der Waals surface area contributed by atoms with Crippen molar-refractivity contribution in [1.29, 1.82) is 0 Å². The van der Waals surface area contributed by atoms with E-state index in [1.165, 1.54) is 5.56 Å². The Bertz CT molecular complexity index is 549. The van der Waals surface area contributed by atoms with E-state index in [4.69, 9.17) is 16.3 Å². The molecule has 3 heteroatoms. The molecule has 0 aliphatic heterocycles. The van der Waals surface area contributed by atoms with Gasteiger partial charge in [-0.05, 0) is 29.7 Å². The van der Waals surface area contributed by atoms with Gasteiger partial charge in [-0.3, -0.25) is 0 Å². The van der Waals surface area contributed by atoms with Crippen molar-refractivity contribution in [3.8, 4) is 5.75 Å². The van der Waals surface area contributed by atoms with Crippen LogP contribution in [0.5, 0.6) is 5.75 Å². The van der Waals surface area contributed by atoms with Gasteiger partial charge >= 0.3 is 0 Å². The molecule has 0 saturated heterocycles.